The lowest BCUT2D eigenvalue weighted by Gasteiger charge is -2.30. The molecule has 0 saturated carbocycles. The van der Waals surface area contributed by atoms with Crippen molar-refractivity contribution in [1.29, 1.82) is 5.26 Å². The van der Waals surface area contributed by atoms with Gasteiger partial charge in [-0.05, 0) is 65.7 Å². The van der Waals surface area contributed by atoms with Gasteiger partial charge in [-0.1, -0.05) is 30.3 Å². The van der Waals surface area contributed by atoms with Crippen molar-refractivity contribution in [3.05, 3.63) is 119 Å². The van der Waals surface area contributed by atoms with Crippen LogP contribution < -0.4 is 18.9 Å². The Morgan fingerprint density at radius 3 is 2.26 bits per heavy atom. The zero-order chi connectivity index (χ0) is 32.5. The molecule has 0 bridgehead atoms. The van der Waals surface area contributed by atoms with Crippen molar-refractivity contribution in [3.8, 4) is 29.1 Å². The second-order valence-corrected chi connectivity index (χ2v) is 10.8. The van der Waals surface area contributed by atoms with Gasteiger partial charge in [-0.25, -0.2) is 9.18 Å². The molecule has 1 saturated heterocycles. The number of ether oxygens (including phenoxy) is 4. The van der Waals surface area contributed by atoms with E-state index < -0.39 is 47.4 Å². The molecule has 2 heterocycles. The first-order chi connectivity index (χ1) is 22.2. The predicted octanol–water partition coefficient (Wildman–Crippen LogP) is 5.38. The molecule has 46 heavy (non-hydrogen) atoms. The molecular formula is C35H27FN2O8. The second-order valence-electron chi connectivity index (χ2n) is 10.8. The SMILES string of the molecule is COc1ccc(C2C(C(=O)c3ccc(C#N)cc3)C(c3ccc4c(c3)OCO4)N(C(=O)c3cccc(F)c3)C2C(=O)O)cc1OC. The Bertz CT molecular complexity index is 1890. The fourth-order valence-corrected chi connectivity index (χ4v) is 6.33. The molecule has 4 aromatic rings. The monoisotopic (exact) mass is 622 g/mol. The number of amides is 1. The van der Waals surface area contributed by atoms with Crippen LogP contribution in [0.3, 0.4) is 0 Å². The largest absolute Gasteiger partial charge is 0.493 e. The van der Waals surface area contributed by atoms with Gasteiger partial charge in [0, 0.05) is 17.0 Å². The molecule has 2 aliphatic rings. The number of ketones is 1. The fraction of sp³-hybridized carbons (Fsp3) is 0.200. The number of nitriles is 1. The fourth-order valence-electron chi connectivity index (χ4n) is 6.33. The predicted molar refractivity (Wildman–Crippen MR) is 161 cm³/mol. The number of halogens is 1. The summed E-state index contributed by atoms with van der Waals surface area (Å²) >= 11 is 0. The number of aliphatic carboxylic acids is 1. The highest BCUT2D eigenvalue weighted by atomic mass is 19.1. The standard InChI is InChI=1S/C35H27FN2O8/c1-43-25-12-10-21(15-27(25)44-2)29-30(33(39)20-8-6-19(17-37)7-9-20)31(22-11-13-26-28(16-22)46-18-45-26)38(32(29)35(41)42)34(40)23-4-3-5-24(36)14-23/h3-16,29-32H,18H2,1-2H3,(H,41,42). The van der Waals surface area contributed by atoms with Crippen LogP contribution in [0, 0.1) is 23.1 Å². The van der Waals surface area contributed by atoms with E-state index in [4.69, 9.17) is 18.9 Å². The van der Waals surface area contributed by atoms with Crippen LogP contribution >= 0.6 is 0 Å². The van der Waals surface area contributed by atoms with E-state index in [1.54, 1.807) is 36.4 Å². The summed E-state index contributed by atoms with van der Waals surface area (Å²) in [6.07, 6.45) is 0. The summed E-state index contributed by atoms with van der Waals surface area (Å²) in [7, 11) is 2.89. The summed E-state index contributed by atoms with van der Waals surface area (Å²) in [6.45, 7) is -0.0327. The Kier molecular flexibility index (Phi) is 8.03. The van der Waals surface area contributed by atoms with Gasteiger partial charge in [0.1, 0.15) is 11.9 Å². The molecule has 1 N–H and O–H groups in total. The van der Waals surface area contributed by atoms with E-state index in [-0.39, 0.29) is 17.9 Å². The molecule has 6 rings (SSSR count). The number of methoxy groups -OCH3 is 2. The van der Waals surface area contributed by atoms with Crippen molar-refractivity contribution >= 4 is 17.7 Å². The summed E-state index contributed by atoms with van der Waals surface area (Å²) in [5, 5.41) is 20.2. The smallest absolute Gasteiger partial charge is 0.327 e. The number of hydrogen-bond donors (Lipinski definition) is 1. The maximum Gasteiger partial charge on any atom is 0.327 e. The molecule has 2 aliphatic heterocycles. The van der Waals surface area contributed by atoms with E-state index in [1.165, 1.54) is 56.7 Å². The van der Waals surface area contributed by atoms with Crippen molar-refractivity contribution in [3.63, 3.8) is 0 Å². The van der Waals surface area contributed by atoms with E-state index >= 15 is 0 Å². The molecule has 4 aromatic carbocycles. The third kappa shape index (κ3) is 5.24. The topological polar surface area (TPSA) is 135 Å². The van der Waals surface area contributed by atoms with E-state index in [1.807, 2.05) is 6.07 Å². The van der Waals surface area contributed by atoms with Crippen molar-refractivity contribution in [2.45, 2.75) is 18.0 Å². The first-order valence-electron chi connectivity index (χ1n) is 14.2. The zero-order valence-corrected chi connectivity index (χ0v) is 24.7. The Balaban J connectivity index is 1.62. The first-order valence-corrected chi connectivity index (χ1v) is 14.2. The van der Waals surface area contributed by atoms with E-state index in [0.29, 0.717) is 39.7 Å². The highest BCUT2D eigenvalue weighted by molar-refractivity contribution is 6.03. The minimum atomic E-state index is -1.59. The summed E-state index contributed by atoms with van der Waals surface area (Å²) in [5.74, 6) is -4.10. The Morgan fingerprint density at radius 2 is 1.59 bits per heavy atom. The molecular weight excluding hydrogens is 595 g/mol. The molecule has 1 amide bonds. The van der Waals surface area contributed by atoms with Gasteiger partial charge in [0.2, 0.25) is 6.79 Å². The van der Waals surface area contributed by atoms with Crippen molar-refractivity contribution in [2.75, 3.05) is 21.0 Å². The number of carbonyl (C=O) groups is 3. The lowest BCUT2D eigenvalue weighted by atomic mass is 9.76. The van der Waals surface area contributed by atoms with Gasteiger partial charge < -0.3 is 29.0 Å². The number of fused-ring (bicyclic) bond motifs is 1. The molecule has 0 radical (unpaired) electrons. The van der Waals surface area contributed by atoms with E-state index in [2.05, 4.69) is 0 Å². The zero-order valence-electron chi connectivity index (χ0n) is 24.7. The van der Waals surface area contributed by atoms with Gasteiger partial charge in [-0.3, -0.25) is 9.59 Å². The molecule has 4 atom stereocenters. The molecule has 1 fully saturated rings. The number of Topliss-reactive ketones (excluding diaryl/α,β-unsaturated/α-hetero) is 1. The summed E-state index contributed by atoms with van der Waals surface area (Å²) in [6, 6.07) is 19.9. The lowest BCUT2D eigenvalue weighted by molar-refractivity contribution is -0.142. The number of hydrogen-bond acceptors (Lipinski definition) is 8. The minimum absolute atomic E-state index is 0.0327. The van der Waals surface area contributed by atoms with Crippen molar-refractivity contribution < 1.29 is 42.8 Å². The number of carboxylic acids is 1. The third-order valence-electron chi connectivity index (χ3n) is 8.36. The van der Waals surface area contributed by atoms with E-state index in [9.17, 15) is 29.1 Å². The van der Waals surface area contributed by atoms with Gasteiger partial charge in [0.05, 0.1) is 37.8 Å². The minimum Gasteiger partial charge on any atom is -0.493 e. The van der Waals surface area contributed by atoms with Gasteiger partial charge in [0.15, 0.2) is 28.8 Å². The van der Waals surface area contributed by atoms with Crippen LogP contribution in [0.2, 0.25) is 0 Å². The Morgan fingerprint density at radius 1 is 0.870 bits per heavy atom. The summed E-state index contributed by atoms with van der Waals surface area (Å²) in [5.41, 5.74) is 1.27. The lowest BCUT2D eigenvalue weighted by Crippen LogP contribution is -2.43. The molecule has 4 unspecified atom stereocenters. The number of rotatable bonds is 8. The maximum absolute atomic E-state index is 14.7. The van der Waals surface area contributed by atoms with Crippen LogP contribution in [-0.4, -0.2) is 54.7 Å². The normalized spacial score (nSPS) is 19.7. The average molecular weight is 623 g/mol. The first kappa shape index (κ1) is 30.1. The number of carbonyl (C=O) groups excluding carboxylic acids is 2. The van der Waals surface area contributed by atoms with Crippen LogP contribution in [0.4, 0.5) is 4.39 Å². The molecule has 0 aromatic heterocycles. The highest BCUT2D eigenvalue weighted by Crippen LogP contribution is 2.53. The van der Waals surface area contributed by atoms with E-state index in [0.717, 1.165) is 11.0 Å². The third-order valence-corrected chi connectivity index (χ3v) is 8.36. The van der Waals surface area contributed by atoms with Crippen LogP contribution in [0.25, 0.3) is 0 Å². The molecule has 232 valence electrons. The number of benzene rings is 4. The molecule has 0 aliphatic carbocycles. The quantitative estimate of drug-likeness (QED) is 0.257. The number of likely N-dealkylation sites (tertiary alicyclic amines) is 1. The van der Waals surface area contributed by atoms with Gasteiger partial charge in [0.25, 0.3) is 5.91 Å². The summed E-state index contributed by atoms with van der Waals surface area (Å²) < 4.78 is 36.4. The van der Waals surface area contributed by atoms with Crippen LogP contribution in [0.1, 0.15) is 49.4 Å². The number of carboxylic acid groups (broad SMARTS) is 1. The Labute approximate surface area is 263 Å². The number of nitrogens with zero attached hydrogens (tertiary/aromatic N) is 2. The highest BCUT2D eigenvalue weighted by Gasteiger charge is 2.58. The van der Waals surface area contributed by atoms with Crippen LogP contribution in [0.5, 0.6) is 23.0 Å². The van der Waals surface area contributed by atoms with Crippen LogP contribution in [-0.2, 0) is 4.79 Å². The molecule has 11 heteroatoms. The molecule has 0 spiro atoms. The van der Waals surface area contributed by atoms with Crippen LogP contribution in [0.15, 0.2) is 84.9 Å². The van der Waals surface area contributed by atoms with Gasteiger partial charge in [-0.15, -0.1) is 0 Å². The summed E-state index contributed by atoms with van der Waals surface area (Å²) in [4.78, 5) is 43.5. The second kappa shape index (κ2) is 12.2. The van der Waals surface area contributed by atoms with Crippen molar-refractivity contribution in [2.24, 2.45) is 5.92 Å². The average Bonchev–Trinajstić information content (AvgIpc) is 3.70. The van der Waals surface area contributed by atoms with Gasteiger partial charge in [-0.2, -0.15) is 5.26 Å². The molecule has 10 nitrogen and oxygen atoms in total. The maximum atomic E-state index is 14.7. The van der Waals surface area contributed by atoms with Gasteiger partial charge >= 0.3 is 5.97 Å². The van der Waals surface area contributed by atoms with Crippen molar-refractivity contribution in [1.82, 2.24) is 4.90 Å². The Hall–Kier alpha value is -5.89.